The lowest BCUT2D eigenvalue weighted by molar-refractivity contribution is 0.0319. The number of aromatic nitrogens is 2. The summed E-state index contributed by atoms with van der Waals surface area (Å²) in [5.74, 6) is 1.25. The van der Waals surface area contributed by atoms with Crippen molar-refractivity contribution >= 4 is 5.91 Å². The summed E-state index contributed by atoms with van der Waals surface area (Å²) in [6.07, 6.45) is 5.71. The maximum absolute atomic E-state index is 13.0. The molecule has 1 saturated heterocycles. The van der Waals surface area contributed by atoms with Gasteiger partial charge < -0.3 is 4.90 Å². The van der Waals surface area contributed by atoms with E-state index in [-0.39, 0.29) is 17.0 Å². The molecule has 0 spiro atoms. The second-order valence-corrected chi connectivity index (χ2v) is 7.02. The van der Waals surface area contributed by atoms with Crippen LogP contribution in [-0.2, 0) is 0 Å². The molecule has 1 amide bonds. The molecule has 3 rings (SSSR count). The Morgan fingerprint density at radius 2 is 2.05 bits per heavy atom. The topological polar surface area (TPSA) is 66.1 Å². The van der Waals surface area contributed by atoms with Crippen LogP contribution in [0.2, 0.25) is 0 Å². The number of nitrogens with zero attached hydrogens (tertiary/aromatic N) is 2. The summed E-state index contributed by atoms with van der Waals surface area (Å²) in [6.45, 7) is 6.71. The first-order valence-corrected chi connectivity index (χ1v) is 8.36. The zero-order valence-electron chi connectivity index (χ0n) is 13.7. The van der Waals surface area contributed by atoms with E-state index in [2.05, 4.69) is 17.1 Å². The Hall–Kier alpha value is -1.65. The van der Waals surface area contributed by atoms with Crippen LogP contribution < -0.4 is 5.56 Å². The summed E-state index contributed by atoms with van der Waals surface area (Å²) in [6, 6.07) is 0.310. The maximum Gasteiger partial charge on any atom is 0.277 e. The van der Waals surface area contributed by atoms with Gasteiger partial charge in [0, 0.05) is 12.6 Å². The molecule has 0 unspecified atom stereocenters. The van der Waals surface area contributed by atoms with Crippen molar-refractivity contribution in [2.75, 3.05) is 6.54 Å². The van der Waals surface area contributed by atoms with Crippen LogP contribution in [0.4, 0.5) is 0 Å². The summed E-state index contributed by atoms with van der Waals surface area (Å²) in [7, 11) is 0. The van der Waals surface area contributed by atoms with Gasteiger partial charge in [-0.1, -0.05) is 6.92 Å². The van der Waals surface area contributed by atoms with Gasteiger partial charge in [0.2, 0.25) is 0 Å². The average molecular weight is 303 g/mol. The molecule has 120 valence electrons. The van der Waals surface area contributed by atoms with Gasteiger partial charge in [-0.05, 0) is 63.4 Å². The molecule has 2 heterocycles. The molecule has 1 saturated carbocycles. The molecular formula is C17H25N3O2. The Bertz CT molecular complexity index is 637. The monoisotopic (exact) mass is 303 g/mol. The molecule has 22 heavy (non-hydrogen) atoms. The van der Waals surface area contributed by atoms with Crippen LogP contribution >= 0.6 is 0 Å². The molecule has 5 heteroatoms. The van der Waals surface area contributed by atoms with Crippen LogP contribution in [0.1, 0.15) is 60.6 Å². The summed E-state index contributed by atoms with van der Waals surface area (Å²) in [5, 5.41) is 6.40. The predicted molar refractivity (Wildman–Crippen MR) is 84.9 cm³/mol. The van der Waals surface area contributed by atoms with Gasteiger partial charge in [-0.2, -0.15) is 5.10 Å². The van der Waals surface area contributed by atoms with E-state index in [9.17, 15) is 9.59 Å². The number of nitrogens with one attached hydrogen (secondary N) is 1. The first-order valence-electron chi connectivity index (χ1n) is 8.36. The zero-order chi connectivity index (χ0) is 15.9. The van der Waals surface area contributed by atoms with Crippen LogP contribution in [0.5, 0.6) is 0 Å². The fraction of sp³-hybridized carbons (Fsp3) is 0.706. The van der Waals surface area contributed by atoms with E-state index >= 15 is 0 Å². The minimum absolute atomic E-state index is 0.103. The fourth-order valence-electron chi connectivity index (χ4n) is 4.17. The zero-order valence-corrected chi connectivity index (χ0v) is 13.7. The first-order chi connectivity index (χ1) is 10.5. The first kappa shape index (κ1) is 15.3. The van der Waals surface area contributed by atoms with Crippen LogP contribution in [-0.4, -0.2) is 33.6 Å². The minimum atomic E-state index is -0.362. The maximum atomic E-state index is 13.0. The number of carbonyl (C=O) groups is 1. The number of carbonyl (C=O) groups excluding carboxylic acids is 1. The SMILES string of the molecule is Cc1n[nH]c(=O)c(C(=O)N2CCC[C@@H]3C[C@@H](C)CC[C@@H]32)c1C. The molecule has 2 aliphatic rings. The quantitative estimate of drug-likeness (QED) is 0.866. The normalized spacial score (nSPS) is 28.3. The number of aryl methyl sites for hydroxylation is 1. The van der Waals surface area contributed by atoms with E-state index in [1.807, 2.05) is 18.7 Å². The predicted octanol–water partition coefficient (Wildman–Crippen LogP) is 2.43. The standard InChI is InChI=1S/C17H25N3O2/c1-10-6-7-14-13(9-10)5-4-8-20(14)17(22)15-11(2)12(3)18-19-16(15)21/h10,13-14H,4-9H2,1-3H3,(H,19,21)/t10-,13+,14-/m0/s1. The number of amides is 1. The van der Waals surface area contributed by atoms with Gasteiger partial charge in [0.25, 0.3) is 11.5 Å². The summed E-state index contributed by atoms with van der Waals surface area (Å²) in [5.41, 5.74) is 1.35. The molecule has 1 aromatic heterocycles. The lowest BCUT2D eigenvalue weighted by Crippen LogP contribution is -2.51. The van der Waals surface area contributed by atoms with Crippen molar-refractivity contribution < 1.29 is 4.79 Å². The van der Waals surface area contributed by atoms with Crippen LogP contribution in [0, 0.1) is 25.7 Å². The number of piperidine rings is 1. The fourth-order valence-corrected chi connectivity index (χ4v) is 4.17. The largest absolute Gasteiger partial charge is 0.335 e. The van der Waals surface area contributed by atoms with E-state index in [0.717, 1.165) is 25.3 Å². The van der Waals surface area contributed by atoms with Crippen molar-refractivity contribution in [1.29, 1.82) is 0 Å². The van der Waals surface area contributed by atoms with Crippen molar-refractivity contribution in [3.63, 3.8) is 0 Å². The third kappa shape index (κ3) is 2.57. The van der Waals surface area contributed by atoms with Gasteiger partial charge in [-0.3, -0.25) is 9.59 Å². The van der Waals surface area contributed by atoms with E-state index in [4.69, 9.17) is 0 Å². The third-order valence-electron chi connectivity index (χ3n) is 5.52. The van der Waals surface area contributed by atoms with Gasteiger partial charge in [-0.25, -0.2) is 5.10 Å². The molecule has 1 N–H and O–H groups in total. The summed E-state index contributed by atoms with van der Waals surface area (Å²) >= 11 is 0. The smallest absolute Gasteiger partial charge is 0.277 e. The second-order valence-electron chi connectivity index (χ2n) is 7.02. The van der Waals surface area contributed by atoms with Gasteiger partial charge >= 0.3 is 0 Å². The molecule has 2 fully saturated rings. The number of hydrogen-bond acceptors (Lipinski definition) is 3. The molecule has 1 aliphatic heterocycles. The van der Waals surface area contributed by atoms with Crippen LogP contribution in [0.3, 0.4) is 0 Å². The van der Waals surface area contributed by atoms with Crippen molar-refractivity contribution in [1.82, 2.24) is 15.1 Å². The van der Waals surface area contributed by atoms with Crippen molar-refractivity contribution in [2.24, 2.45) is 11.8 Å². The van der Waals surface area contributed by atoms with Gasteiger partial charge in [0.15, 0.2) is 0 Å². The molecule has 5 nitrogen and oxygen atoms in total. The minimum Gasteiger partial charge on any atom is -0.335 e. The lowest BCUT2D eigenvalue weighted by atomic mass is 9.74. The summed E-state index contributed by atoms with van der Waals surface area (Å²) < 4.78 is 0. The molecular weight excluding hydrogens is 278 g/mol. The number of likely N-dealkylation sites (tertiary alicyclic amines) is 1. The third-order valence-corrected chi connectivity index (χ3v) is 5.52. The highest BCUT2D eigenvalue weighted by molar-refractivity contribution is 5.95. The Morgan fingerprint density at radius 3 is 2.82 bits per heavy atom. The molecule has 0 aromatic carbocycles. The Balaban J connectivity index is 1.92. The van der Waals surface area contributed by atoms with Crippen LogP contribution in [0.25, 0.3) is 0 Å². The van der Waals surface area contributed by atoms with Crippen molar-refractivity contribution in [2.45, 2.75) is 58.9 Å². The Labute approximate surface area is 131 Å². The van der Waals surface area contributed by atoms with Crippen molar-refractivity contribution in [3.05, 3.63) is 27.2 Å². The average Bonchev–Trinajstić information content (AvgIpc) is 2.50. The van der Waals surface area contributed by atoms with Gasteiger partial charge in [0.05, 0.1) is 5.69 Å². The van der Waals surface area contributed by atoms with E-state index in [0.29, 0.717) is 23.2 Å². The van der Waals surface area contributed by atoms with E-state index < -0.39 is 0 Å². The number of hydrogen-bond donors (Lipinski definition) is 1. The lowest BCUT2D eigenvalue weighted by Gasteiger charge is -2.45. The van der Waals surface area contributed by atoms with E-state index in [1.54, 1.807) is 0 Å². The molecule has 0 bridgehead atoms. The number of aromatic amines is 1. The van der Waals surface area contributed by atoms with Crippen molar-refractivity contribution in [3.8, 4) is 0 Å². The highest BCUT2D eigenvalue weighted by atomic mass is 16.2. The Morgan fingerprint density at radius 1 is 1.27 bits per heavy atom. The molecule has 1 aliphatic carbocycles. The number of fused-ring (bicyclic) bond motifs is 1. The molecule has 3 atom stereocenters. The summed E-state index contributed by atoms with van der Waals surface area (Å²) in [4.78, 5) is 27.1. The van der Waals surface area contributed by atoms with Gasteiger partial charge in [-0.15, -0.1) is 0 Å². The highest BCUT2D eigenvalue weighted by Gasteiger charge is 2.38. The van der Waals surface area contributed by atoms with Crippen LogP contribution in [0.15, 0.2) is 4.79 Å². The van der Waals surface area contributed by atoms with E-state index in [1.165, 1.54) is 19.3 Å². The molecule has 0 radical (unpaired) electrons. The highest BCUT2D eigenvalue weighted by Crippen LogP contribution is 2.38. The number of H-pyrrole nitrogens is 1. The molecule has 1 aromatic rings. The second kappa shape index (κ2) is 5.86. The Kier molecular flexibility index (Phi) is 4.06. The number of rotatable bonds is 1. The van der Waals surface area contributed by atoms with Gasteiger partial charge in [0.1, 0.15) is 5.56 Å².